The van der Waals surface area contributed by atoms with Gasteiger partial charge in [0, 0.05) is 0 Å². The summed E-state index contributed by atoms with van der Waals surface area (Å²) in [7, 11) is 1.59. The first-order chi connectivity index (χ1) is 8.79. The van der Waals surface area contributed by atoms with Crippen LogP contribution in [0.25, 0.3) is 15.6 Å². The van der Waals surface area contributed by atoms with Gasteiger partial charge in [-0.25, -0.2) is 0 Å². The van der Waals surface area contributed by atoms with E-state index in [9.17, 15) is 4.79 Å². The number of ether oxygens (including phenoxy) is 1. The molecule has 90 valence electrons. The summed E-state index contributed by atoms with van der Waals surface area (Å²) in [5.41, 5.74) is -0.0601. The molecule has 3 aromatic rings. The molecule has 6 heteroatoms. The van der Waals surface area contributed by atoms with Crippen LogP contribution in [0.5, 0.6) is 5.75 Å². The Hall–Kier alpha value is -1.91. The van der Waals surface area contributed by atoms with E-state index in [0.717, 1.165) is 4.26 Å². The molecular weight excluding hydrogens is 297 g/mol. The van der Waals surface area contributed by atoms with Gasteiger partial charge in [0.05, 0.1) is 0 Å². The van der Waals surface area contributed by atoms with Gasteiger partial charge in [-0.2, -0.15) is 0 Å². The summed E-state index contributed by atoms with van der Waals surface area (Å²) in [6, 6.07) is 7.29. The second-order valence-electron chi connectivity index (χ2n) is 3.60. The van der Waals surface area contributed by atoms with Crippen LogP contribution in [0.3, 0.4) is 0 Å². The minimum absolute atomic E-state index is 0.0601. The first kappa shape index (κ1) is 11.2. The third kappa shape index (κ3) is 1.75. The molecule has 0 amide bonds. The van der Waals surface area contributed by atoms with Gasteiger partial charge < -0.3 is 0 Å². The molecule has 0 aliphatic rings. The van der Waals surface area contributed by atoms with Crippen LogP contribution in [0, 0.1) is 0 Å². The summed E-state index contributed by atoms with van der Waals surface area (Å²) in [6.07, 6.45) is 3.27. The van der Waals surface area contributed by atoms with Crippen molar-refractivity contribution in [3.05, 3.63) is 47.0 Å². The zero-order chi connectivity index (χ0) is 12.5. The third-order valence-electron chi connectivity index (χ3n) is 2.53. The molecule has 1 aromatic carbocycles. The number of fused-ring (bicyclic) bond motifs is 1. The van der Waals surface area contributed by atoms with Crippen molar-refractivity contribution in [2.75, 3.05) is 7.11 Å². The summed E-state index contributed by atoms with van der Waals surface area (Å²) in [6.45, 7) is 0. The summed E-state index contributed by atoms with van der Waals surface area (Å²) >= 11 is -0.111. The summed E-state index contributed by atoms with van der Waals surface area (Å²) in [5, 5.41) is 0.682. The van der Waals surface area contributed by atoms with E-state index >= 15 is 0 Å². The number of nitrogens with zero attached hydrogens (tertiary/aromatic N) is 3. The van der Waals surface area contributed by atoms with Crippen molar-refractivity contribution >= 4 is 24.4 Å². The van der Waals surface area contributed by atoms with Crippen LogP contribution in [-0.4, -0.2) is 35.4 Å². The van der Waals surface area contributed by atoms with Gasteiger partial charge in [0.1, 0.15) is 0 Å². The number of hydrogen-bond donors (Lipinski definition) is 0. The number of hydrogen-bond acceptors (Lipinski definition) is 4. The predicted molar refractivity (Wildman–Crippen MR) is 68.6 cm³/mol. The minimum atomic E-state index is -0.111. The molecule has 0 aliphatic carbocycles. The molecule has 0 saturated heterocycles. The van der Waals surface area contributed by atoms with Crippen molar-refractivity contribution in [3.8, 4) is 11.7 Å². The van der Waals surface area contributed by atoms with E-state index < -0.39 is 0 Å². The van der Waals surface area contributed by atoms with Gasteiger partial charge in [-0.1, -0.05) is 0 Å². The van der Waals surface area contributed by atoms with Gasteiger partial charge in [0.15, 0.2) is 0 Å². The summed E-state index contributed by atoms with van der Waals surface area (Å²) in [5.74, 6) is 1.14. The Morgan fingerprint density at radius 1 is 1.28 bits per heavy atom. The molecule has 2 aromatic heterocycles. The van der Waals surface area contributed by atoms with Gasteiger partial charge >= 0.3 is 108 Å². The van der Waals surface area contributed by atoms with E-state index in [1.807, 2.05) is 12.1 Å². The zero-order valence-corrected chi connectivity index (χ0v) is 11.2. The second kappa shape index (κ2) is 4.40. The molecule has 2 heterocycles. The van der Waals surface area contributed by atoms with Gasteiger partial charge in [-0.3, -0.25) is 0 Å². The number of benzene rings is 1. The Labute approximate surface area is 109 Å². The van der Waals surface area contributed by atoms with E-state index in [1.54, 1.807) is 35.2 Å². The SMILES string of the molecule is COc1ccc2[se]n(-c3ncccn3)c(=O)c2c1. The van der Waals surface area contributed by atoms with Crippen LogP contribution < -0.4 is 10.3 Å². The van der Waals surface area contributed by atoms with E-state index in [2.05, 4.69) is 9.97 Å². The fourth-order valence-corrected chi connectivity index (χ4v) is 3.61. The van der Waals surface area contributed by atoms with Crippen LogP contribution in [0.15, 0.2) is 41.5 Å². The van der Waals surface area contributed by atoms with Crippen molar-refractivity contribution in [1.29, 1.82) is 0 Å². The van der Waals surface area contributed by atoms with Crippen molar-refractivity contribution in [2.24, 2.45) is 0 Å². The van der Waals surface area contributed by atoms with E-state index in [1.165, 1.54) is 0 Å². The average molecular weight is 306 g/mol. The van der Waals surface area contributed by atoms with Gasteiger partial charge in [-0.15, -0.1) is 0 Å². The third-order valence-corrected chi connectivity index (χ3v) is 4.76. The van der Waals surface area contributed by atoms with Gasteiger partial charge in [0.25, 0.3) is 0 Å². The Bertz CT molecular complexity index is 749. The Kier molecular flexibility index (Phi) is 2.74. The van der Waals surface area contributed by atoms with Crippen molar-refractivity contribution in [3.63, 3.8) is 0 Å². The summed E-state index contributed by atoms with van der Waals surface area (Å²) < 4.78 is 7.78. The second-order valence-corrected chi connectivity index (χ2v) is 5.67. The van der Waals surface area contributed by atoms with Crippen LogP contribution in [-0.2, 0) is 0 Å². The molecule has 18 heavy (non-hydrogen) atoms. The molecule has 0 bridgehead atoms. The topological polar surface area (TPSA) is 57.0 Å². The molecule has 0 atom stereocenters. The van der Waals surface area contributed by atoms with Crippen LogP contribution in [0.2, 0.25) is 0 Å². The first-order valence-corrected chi connectivity index (χ1v) is 6.89. The van der Waals surface area contributed by atoms with E-state index in [4.69, 9.17) is 4.74 Å². The van der Waals surface area contributed by atoms with Crippen LogP contribution in [0.4, 0.5) is 0 Å². The monoisotopic (exact) mass is 307 g/mol. The standard InChI is InChI=1S/C12H9N3O2Se/c1-17-8-3-4-10-9(7-8)11(16)15(18-10)12-13-5-2-6-14-12/h2-7H,1H3. The maximum absolute atomic E-state index is 12.3. The predicted octanol–water partition coefficient (Wildman–Crippen LogP) is 0.846. The van der Waals surface area contributed by atoms with E-state index in [-0.39, 0.29) is 20.3 Å². The van der Waals surface area contributed by atoms with Crippen LogP contribution in [0.1, 0.15) is 0 Å². The molecular formula is C12H9N3O2Se. The van der Waals surface area contributed by atoms with Crippen molar-refractivity contribution in [2.45, 2.75) is 0 Å². The normalized spacial score (nSPS) is 10.7. The maximum atomic E-state index is 12.3. The molecule has 3 rings (SSSR count). The molecule has 0 radical (unpaired) electrons. The van der Waals surface area contributed by atoms with Gasteiger partial charge in [-0.05, 0) is 0 Å². The zero-order valence-electron chi connectivity index (χ0n) is 9.53. The molecule has 0 fully saturated rings. The van der Waals surface area contributed by atoms with Gasteiger partial charge in [0.2, 0.25) is 0 Å². The first-order valence-electron chi connectivity index (χ1n) is 5.27. The average Bonchev–Trinajstić information content (AvgIpc) is 2.77. The van der Waals surface area contributed by atoms with Crippen molar-refractivity contribution in [1.82, 2.24) is 13.5 Å². The molecule has 5 nitrogen and oxygen atoms in total. The Balaban J connectivity index is 2.27. The number of aromatic nitrogens is 3. The molecule has 0 unspecified atom stereocenters. The van der Waals surface area contributed by atoms with E-state index in [0.29, 0.717) is 17.1 Å². The van der Waals surface area contributed by atoms with Crippen LogP contribution >= 0.6 is 0 Å². The number of methoxy groups -OCH3 is 1. The Morgan fingerprint density at radius 3 is 2.78 bits per heavy atom. The molecule has 0 spiro atoms. The molecule has 0 saturated carbocycles. The number of rotatable bonds is 2. The molecule has 0 N–H and O–H groups in total. The van der Waals surface area contributed by atoms with Crippen molar-refractivity contribution < 1.29 is 4.74 Å². The summed E-state index contributed by atoms with van der Waals surface area (Å²) in [4.78, 5) is 20.5. The fraction of sp³-hybridized carbons (Fsp3) is 0.0833. The fourth-order valence-electron chi connectivity index (χ4n) is 1.66. The quantitative estimate of drug-likeness (QED) is 0.659. The Morgan fingerprint density at radius 2 is 2.06 bits per heavy atom. The molecule has 0 aliphatic heterocycles.